The standard InChI is InChI=1S/C15H14N4O4S/c20-12(9-24-15-16-6-1-7-17-15)19-11-4-2-10(3-5-11)14(23)18-8-13(21)22/h1-7H,8-9H2,(H,18,23)(H,19,20)(H,21,22). The fourth-order valence-corrected chi connectivity index (χ4v) is 2.25. The molecule has 9 heteroatoms. The SMILES string of the molecule is O=C(O)CNC(=O)c1ccc(NC(=O)CSc2ncccn2)cc1. The molecule has 8 nitrogen and oxygen atoms in total. The molecule has 0 bridgehead atoms. The smallest absolute Gasteiger partial charge is 0.322 e. The molecule has 0 spiro atoms. The van der Waals surface area contributed by atoms with Crippen LogP contribution in [0.4, 0.5) is 5.69 Å². The van der Waals surface area contributed by atoms with E-state index in [1.807, 2.05) is 0 Å². The van der Waals surface area contributed by atoms with Crippen LogP contribution in [-0.4, -0.2) is 45.2 Å². The molecule has 0 aliphatic rings. The molecule has 0 atom stereocenters. The van der Waals surface area contributed by atoms with Crippen LogP contribution in [0.25, 0.3) is 0 Å². The Bertz CT molecular complexity index is 722. The number of thioether (sulfide) groups is 1. The summed E-state index contributed by atoms with van der Waals surface area (Å²) >= 11 is 1.21. The molecule has 0 fully saturated rings. The van der Waals surface area contributed by atoms with Gasteiger partial charge >= 0.3 is 5.97 Å². The molecule has 124 valence electrons. The Morgan fingerprint density at radius 1 is 1.08 bits per heavy atom. The van der Waals surface area contributed by atoms with E-state index in [0.29, 0.717) is 16.4 Å². The van der Waals surface area contributed by atoms with Crippen LogP contribution in [0.2, 0.25) is 0 Å². The highest BCUT2D eigenvalue weighted by atomic mass is 32.2. The number of carbonyl (C=O) groups excluding carboxylic acids is 2. The van der Waals surface area contributed by atoms with Gasteiger partial charge in [0, 0.05) is 23.6 Å². The number of anilines is 1. The lowest BCUT2D eigenvalue weighted by Gasteiger charge is -2.06. The van der Waals surface area contributed by atoms with E-state index in [4.69, 9.17) is 5.11 Å². The molecule has 0 aliphatic carbocycles. The molecule has 24 heavy (non-hydrogen) atoms. The van der Waals surface area contributed by atoms with Crippen LogP contribution < -0.4 is 10.6 Å². The van der Waals surface area contributed by atoms with Gasteiger partial charge in [0.1, 0.15) is 6.54 Å². The van der Waals surface area contributed by atoms with Crippen molar-refractivity contribution in [1.82, 2.24) is 15.3 Å². The van der Waals surface area contributed by atoms with E-state index in [9.17, 15) is 14.4 Å². The van der Waals surface area contributed by atoms with Gasteiger partial charge in [0.05, 0.1) is 5.75 Å². The number of rotatable bonds is 7. The highest BCUT2D eigenvalue weighted by Crippen LogP contribution is 2.13. The third kappa shape index (κ3) is 5.69. The van der Waals surface area contributed by atoms with Crippen molar-refractivity contribution in [3.8, 4) is 0 Å². The van der Waals surface area contributed by atoms with Crippen molar-refractivity contribution in [3.05, 3.63) is 48.3 Å². The normalized spacial score (nSPS) is 10.0. The minimum atomic E-state index is -1.12. The average molecular weight is 346 g/mol. The maximum Gasteiger partial charge on any atom is 0.322 e. The van der Waals surface area contributed by atoms with Gasteiger partial charge in [0.25, 0.3) is 5.91 Å². The van der Waals surface area contributed by atoms with E-state index in [0.717, 1.165) is 0 Å². The van der Waals surface area contributed by atoms with Crippen molar-refractivity contribution >= 4 is 35.2 Å². The Hall–Kier alpha value is -2.94. The monoisotopic (exact) mass is 346 g/mol. The summed E-state index contributed by atoms with van der Waals surface area (Å²) in [6.07, 6.45) is 3.20. The van der Waals surface area contributed by atoms with E-state index in [1.165, 1.54) is 23.9 Å². The van der Waals surface area contributed by atoms with E-state index >= 15 is 0 Å². The van der Waals surface area contributed by atoms with Crippen molar-refractivity contribution in [1.29, 1.82) is 0 Å². The number of carboxylic acid groups (broad SMARTS) is 1. The first-order chi connectivity index (χ1) is 11.5. The molecule has 2 rings (SSSR count). The zero-order valence-corrected chi connectivity index (χ0v) is 13.2. The molecule has 1 aromatic carbocycles. The summed E-state index contributed by atoms with van der Waals surface area (Å²) in [5, 5.41) is 14.0. The predicted molar refractivity (Wildman–Crippen MR) is 87.8 cm³/mol. The molecule has 2 aromatic rings. The lowest BCUT2D eigenvalue weighted by Crippen LogP contribution is -2.29. The molecule has 0 unspecified atom stereocenters. The number of amides is 2. The second-order valence-electron chi connectivity index (χ2n) is 4.52. The average Bonchev–Trinajstić information content (AvgIpc) is 2.59. The highest BCUT2D eigenvalue weighted by Gasteiger charge is 2.08. The van der Waals surface area contributed by atoms with Crippen LogP contribution >= 0.6 is 11.8 Å². The lowest BCUT2D eigenvalue weighted by atomic mass is 10.2. The molecule has 1 heterocycles. The molecular formula is C15H14N4O4S. The fraction of sp³-hybridized carbons (Fsp3) is 0.133. The Labute approximate surface area is 141 Å². The van der Waals surface area contributed by atoms with Crippen LogP contribution in [0.3, 0.4) is 0 Å². The first-order valence-corrected chi connectivity index (χ1v) is 7.83. The van der Waals surface area contributed by atoms with E-state index in [1.54, 1.807) is 30.6 Å². The summed E-state index contributed by atoms with van der Waals surface area (Å²) in [6, 6.07) is 7.83. The molecule has 2 amide bonds. The number of nitrogens with one attached hydrogen (secondary N) is 2. The van der Waals surface area contributed by atoms with Gasteiger partial charge in [0.2, 0.25) is 5.91 Å². The largest absolute Gasteiger partial charge is 0.480 e. The van der Waals surface area contributed by atoms with Crippen molar-refractivity contribution in [2.75, 3.05) is 17.6 Å². The predicted octanol–water partition coefficient (Wildman–Crippen LogP) is 1.02. The second kappa shape index (κ2) is 8.63. The quantitative estimate of drug-likeness (QED) is 0.505. The molecule has 0 saturated carbocycles. The minimum absolute atomic E-state index is 0.158. The first kappa shape index (κ1) is 17.4. The number of nitrogens with zero attached hydrogens (tertiary/aromatic N) is 2. The summed E-state index contributed by atoms with van der Waals surface area (Å²) in [4.78, 5) is 41.9. The van der Waals surface area contributed by atoms with E-state index in [2.05, 4.69) is 20.6 Å². The van der Waals surface area contributed by atoms with E-state index in [-0.39, 0.29) is 11.7 Å². The van der Waals surface area contributed by atoms with Crippen molar-refractivity contribution in [3.63, 3.8) is 0 Å². The van der Waals surface area contributed by atoms with Crippen molar-refractivity contribution in [2.24, 2.45) is 0 Å². The second-order valence-corrected chi connectivity index (χ2v) is 5.46. The summed E-state index contributed by atoms with van der Waals surface area (Å²) in [5.74, 6) is -1.68. The summed E-state index contributed by atoms with van der Waals surface area (Å²) in [5.41, 5.74) is 0.839. The van der Waals surface area contributed by atoms with Crippen LogP contribution in [0.5, 0.6) is 0 Å². The number of benzene rings is 1. The Balaban J connectivity index is 1.83. The molecule has 0 saturated heterocycles. The molecule has 0 aliphatic heterocycles. The van der Waals surface area contributed by atoms with Gasteiger partial charge in [0.15, 0.2) is 5.16 Å². The van der Waals surface area contributed by atoms with Crippen LogP contribution in [0, 0.1) is 0 Å². The maximum absolute atomic E-state index is 11.8. The van der Waals surface area contributed by atoms with Gasteiger partial charge in [-0.25, -0.2) is 9.97 Å². The maximum atomic E-state index is 11.8. The fourth-order valence-electron chi connectivity index (χ4n) is 1.65. The van der Waals surface area contributed by atoms with Gasteiger partial charge < -0.3 is 15.7 Å². The molecule has 1 aromatic heterocycles. The molecular weight excluding hydrogens is 332 g/mol. The Morgan fingerprint density at radius 2 is 1.75 bits per heavy atom. The van der Waals surface area contributed by atoms with Gasteiger partial charge in [-0.3, -0.25) is 14.4 Å². The molecule has 3 N–H and O–H groups in total. The summed E-state index contributed by atoms with van der Waals surface area (Å²) < 4.78 is 0. The lowest BCUT2D eigenvalue weighted by molar-refractivity contribution is -0.135. The van der Waals surface area contributed by atoms with Gasteiger partial charge in [-0.2, -0.15) is 0 Å². The Morgan fingerprint density at radius 3 is 2.38 bits per heavy atom. The van der Waals surface area contributed by atoms with Crippen LogP contribution in [0.1, 0.15) is 10.4 Å². The first-order valence-electron chi connectivity index (χ1n) is 6.84. The van der Waals surface area contributed by atoms with E-state index < -0.39 is 18.4 Å². The van der Waals surface area contributed by atoms with Crippen molar-refractivity contribution in [2.45, 2.75) is 5.16 Å². The van der Waals surface area contributed by atoms with Crippen LogP contribution in [-0.2, 0) is 9.59 Å². The van der Waals surface area contributed by atoms with Crippen LogP contribution in [0.15, 0.2) is 47.9 Å². The number of hydrogen-bond acceptors (Lipinski definition) is 6. The zero-order valence-electron chi connectivity index (χ0n) is 12.4. The minimum Gasteiger partial charge on any atom is -0.480 e. The summed E-state index contributed by atoms with van der Waals surface area (Å²) in [7, 11) is 0. The van der Waals surface area contributed by atoms with Gasteiger partial charge in [-0.15, -0.1) is 0 Å². The Kier molecular flexibility index (Phi) is 6.26. The van der Waals surface area contributed by atoms with Gasteiger partial charge in [-0.1, -0.05) is 11.8 Å². The molecule has 0 radical (unpaired) electrons. The number of carboxylic acids is 1. The third-order valence-electron chi connectivity index (χ3n) is 2.71. The number of aromatic nitrogens is 2. The summed E-state index contributed by atoms with van der Waals surface area (Å²) in [6.45, 7) is -0.448. The third-order valence-corrected chi connectivity index (χ3v) is 3.58. The number of carbonyl (C=O) groups is 3. The van der Waals surface area contributed by atoms with Gasteiger partial charge in [-0.05, 0) is 30.3 Å². The van der Waals surface area contributed by atoms with Crippen molar-refractivity contribution < 1.29 is 19.5 Å². The zero-order chi connectivity index (χ0) is 17.4. The number of aliphatic carboxylic acids is 1. The highest BCUT2D eigenvalue weighted by molar-refractivity contribution is 7.99. The number of hydrogen-bond donors (Lipinski definition) is 3. The topological polar surface area (TPSA) is 121 Å².